The molecule has 3 rings (SSSR count). The topological polar surface area (TPSA) is 69.6 Å². The highest BCUT2D eigenvalue weighted by Gasteiger charge is 2.14. The van der Waals surface area contributed by atoms with E-state index in [9.17, 15) is 4.79 Å². The van der Waals surface area contributed by atoms with Gasteiger partial charge >= 0.3 is 5.97 Å². The van der Waals surface area contributed by atoms with Crippen LogP contribution in [0.15, 0.2) is 66.7 Å². The monoisotopic (exact) mass is 401 g/mol. The average Bonchev–Trinajstić information content (AvgIpc) is 2.75. The lowest BCUT2D eigenvalue weighted by atomic mass is 9.95. The number of nitrogens with one attached hydrogen (secondary N) is 1. The molecule has 3 N–H and O–H groups in total. The molecule has 0 radical (unpaired) electrons. The molecule has 0 aliphatic rings. The fourth-order valence-electron chi connectivity index (χ4n) is 3.45. The van der Waals surface area contributed by atoms with Gasteiger partial charge in [-0.25, -0.2) is 0 Å². The second kappa shape index (κ2) is 10.0. The largest absolute Gasteiger partial charge is 0.480 e. The molecule has 3 aromatic rings. The van der Waals surface area contributed by atoms with Crippen molar-refractivity contribution >= 4 is 18.1 Å². The smallest absolute Gasteiger partial charge is 0.323 e. The number of aliphatic hydroxyl groups excluding tert-OH is 1. The van der Waals surface area contributed by atoms with Gasteiger partial charge in [0.25, 0.3) is 0 Å². The van der Waals surface area contributed by atoms with Gasteiger partial charge in [0.15, 0.2) is 0 Å². The third-order valence-corrected chi connectivity index (χ3v) is 5.27. The van der Waals surface area contributed by atoms with Gasteiger partial charge < -0.3 is 10.2 Å². The lowest BCUT2D eigenvalue weighted by Gasteiger charge is -2.12. The Morgan fingerprint density at radius 3 is 2.37 bits per heavy atom. The molecule has 3 aromatic carbocycles. The Morgan fingerprint density at radius 1 is 0.967 bits per heavy atom. The maximum Gasteiger partial charge on any atom is 0.323 e. The van der Waals surface area contributed by atoms with E-state index in [-0.39, 0.29) is 0 Å². The summed E-state index contributed by atoms with van der Waals surface area (Å²) in [4.78, 5) is 11.0. The molecule has 4 heteroatoms. The number of benzene rings is 3. The Labute approximate surface area is 177 Å². The third kappa shape index (κ3) is 5.23. The molecule has 0 aliphatic carbocycles. The van der Waals surface area contributed by atoms with E-state index in [4.69, 9.17) is 10.2 Å². The summed E-state index contributed by atoms with van der Waals surface area (Å²) in [5.74, 6) is -1.05. The van der Waals surface area contributed by atoms with Crippen molar-refractivity contribution in [3.63, 3.8) is 0 Å². The van der Waals surface area contributed by atoms with E-state index in [1.165, 1.54) is 22.3 Å². The summed E-state index contributed by atoms with van der Waals surface area (Å²) in [5, 5.41) is 21.0. The van der Waals surface area contributed by atoms with Crippen molar-refractivity contribution in [3.05, 3.63) is 94.5 Å². The second-order valence-corrected chi connectivity index (χ2v) is 7.36. The first-order valence-electron chi connectivity index (χ1n) is 9.99. The highest BCUT2D eigenvalue weighted by Crippen LogP contribution is 2.27. The molecule has 1 unspecified atom stereocenters. The van der Waals surface area contributed by atoms with E-state index < -0.39 is 18.6 Å². The fourth-order valence-corrected chi connectivity index (χ4v) is 3.45. The Morgan fingerprint density at radius 2 is 1.70 bits per heavy atom. The quantitative estimate of drug-likeness (QED) is 0.480. The van der Waals surface area contributed by atoms with Gasteiger partial charge in [0, 0.05) is 6.54 Å². The van der Waals surface area contributed by atoms with Gasteiger partial charge in [0.05, 0.1) is 6.61 Å². The maximum atomic E-state index is 11.0. The summed E-state index contributed by atoms with van der Waals surface area (Å²) in [6.07, 6.45) is 4.24. The molecule has 0 bridgehead atoms. The molecule has 1 atom stereocenters. The zero-order chi connectivity index (χ0) is 21.5. The predicted octanol–water partition coefficient (Wildman–Crippen LogP) is 4.68. The molecule has 0 aliphatic heterocycles. The highest BCUT2D eigenvalue weighted by molar-refractivity contribution is 5.78. The van der Waals surface area contributed by atoms with Gasteiger partial charge in [-0.05, 0) is 52.8 Å². The molecule has 30 heavy (non-hydrogen) atoms. The van der Waals surface area contributed by atoms with E-state index in [1.807, 2.05) is 31.2 Å². The molecule has 154 valence electrons. The Balaban J connectivity index is 1.76. The summed E-state index contributed by atoms with van der Waals surface area (Å²) >= 11 is 0. The van der Waals surface area contributed by atoms with Crippen LogP contribution in [0.25, 0.3) is 23.3 Å². The second-order valence-electron chi connectivity index (χ2n) is 7.36. The van der Waals surface area contributed by atoms with Gasteiger partial charge in [0.1, 0.15) is 6.04 Å². The molecule has 0 fully saturated rings. The van der Waals surface area contributed by atoms with Crippen LogP contribution in [0.3, 0.4) is 0 Å². The molecular formula is C26H27NO3. The number of hydrogen-bond donors (Lipinski definition) is 3. The van der Waals surface area contributed by atoms with Crippen molar-refractivity contribution in [2.75, 3.05) is 6.61 Å². The molecule has 0 spiro atoms. The minimum atomic E-state index is -1.05. The lowest BCUT2D eigenvalue weighted by Crippen LogP contribution is -2.39. The zero-order valence-electron chi connectivity index (χ0n) is 17.3. The number of hydrogen-bond acceptors (Lipinski definition) is 3. The van der Waals surface area contributed by atoms with Gasteiger partial charge in [-0.15, -0.1) is 0 Å². The standard InChI is InChI=1S/C26H27NO3/c1-18-15-20(16-27-25(17-28)26(29)30)11-12-21(18)13-14-22-9-6-10-24(19(22)2)23-7-4-3-5-8-23/h3-15,25,27-28H,16-17H2,1-2H3,(H,29,30)/b14-13+. The van der Waals surface area contributed by atoms with Crippen molar-refractivity contribution in [2.45, 2.75) is 26.4 Å². The van der Waals surface area contributed by atoms with Gasteiger partial charge in [-0.3, -0.25) is 10.1 Å². The number of carboxylic acid groups (broad SMARTS) is 1. The molecule has 0 heterocycles. The summed E-state index contributed by atoms with van der Waals surface area (Å²) in [7, 11) is 0. The van der Waals surface area contributed by atoms with E-state index in [2.05, 4.69) is 66.9 Å². The number of aliphatic carboxylic acids is 1. The third-order valence-electron chi connectivity index (χ3n) is 5.27. The van der Waals surface area contributed by atoms with Gasteiger partial charge in [-0.1, -0.05) is 78.9 Å². The van der Waals surface area contributed by atoms with Gasteiger partial charge in [0.2, 0.25) is 0 Å². The summed E-state index contributed by atoms with van der Waals surface area (Å²) in [6, 6.07) is 21.8. The maximum absolute atomic E-state index is 11.0. The number of carboxylic acids is 1. The van der Waals surface area contributed by atoms with Crippen LogP contribution in [-0.2, 0) is 11.3 Å². The highest BCUT2D eigenvalue weighted by atomic mass is 16.4. The minimum absolute atomic E-state index is 0.389. The minimum Gasteiger partial charge on any atom is -0.480 e. The van der Waals surface area contributed by atoms with Crippen LogP contribution in [0.1, 0.15) is 27.8 Å². The molecule has 0 saturated heterocycles. The van der Waals surface area contributed by atoms with Crippen molar-refractivity contribution in [2.24, 2.45) is 0 Å². The first kappa shape index (κ1) is 21.5. The van der Waals surface area contributed by atoms with Crippen molar-refractivity contribution in [1.29, 1.82) is 0 Å². The number of carbonyl (C=O) groups is 1. The Bertz CT molecular complexity index is 1040. The number of aliphatic hydroxyl groups is 1. The van der Waals surface area contributed by atoms with Crippen LogP contribution >= 0.6 is 0 Å². The van der Waals surface area contributed by atoms with Crippen LogP contribution in [0, 0.1) is 13.8 Å². The summed E-state index contributed by atoms with van der Waals surface area (Å²) < 4.78 is 0. The van der Waals surface area contributed by atoms with E-state index >= 15 is 0 Å². The van der Waals surface area contributed by atoms with Crippen LogP contribution in [-0.4, -0.2) is 28.8 Å². The molecular weight excluding hydrogens is 374 g/mol. The first-order chi connectivity index (χ1) is 14.5. The summed E-state index contributed by atoms with van der Waals surface area (Å²) in [5.41, 5.74) is 8.05. The number of aryl methyl sites for hydroxylation is 1. The van der Waals surface area contributed by atoms with Crippen LogP contribution in [0.5, 0.6) is 0 Å². The SMILES string of the molecule is Cc1cc(CNC(CO)C(=O)O)ccc1/C=C/c1cccc(-c2ccccc2)c1C. The van der Waals surface area contributed by atoms with E-state index in [0.29, 0.717) is 6.54 Å². The summed E-state index contributed by atoms with van der Waals surface area (Å²) in [6.45, 7) is 4.14. The average molecular weight is 402 g/mol. The normalized spacial score (nSPS) is 12.2. The van der Waals surface area contributed by atoms with Crippen molar-refractivity contribution in [1.82, 2.24) is 5.32 Å². The first-order valence-corrected chi connectivity index (χ1v) is 9.99. The van der Waals surface area contributed by atoms with E-state index in [1.54, 1.807) is 0 Å². The molecule has 0 saturated carbocycles. The Kier molecular flexibility index (Phi) is 7.17. The zero-order valence-corrected chi connectivity index (χ0v) is 17.3. The van der Waals surface area contributed by atoms with Crippen LogP contribution in [0.2, 0.25) is 0 Å². The number of rotatable bonds is 8. The van der Waals surface area contributed by atoms with Gasteiger partial charge in [-0.2, -0.15) is 0 Å². The Hall–Kier alpha value is -3.21. The molecule has 0 amide bonds. The van der Waals surface area contributed by atoms with Crippen LogP contribution in [0.4, 0.5) is 0 Å². The molecule has 0 aromatic heterocycles. The predicted molar refractivity (Wildman–Crippen MR) is 122 cm³/mol. The van der Waals surface area contributed by atoms with Crippen molar-refractivity contribution in [3.8, 4) is 11.1 Å². The van der Waals surface area contributed by atoms with Crippen LogP contribution < -0.4 is 5.32 Å². The van der Waals surface area contributed by atoms with E-state index in [0.717, 1.165) is 16.7 Å². The lowest BCUT2D eigenvalue weighted by molar-refractivity contribution is -0.140. The molecule has 4 nitrogen and oxygen atoms in total. The fraction of sp³-hybridized carbons (Fsp3) is 0.192. The van der Waals surface area contributed by atoms with Crippen molar-refractivity contribution < 1.29 is 15.0 Å².